The van der Waals surface area contributed by atoms with Gasteiger partial charge in [-0.2, -0.15) is 0 Å². The third-order valence-electron chi connectivity index (χ3n) is 3.35. The molecule has 0 spiro atoms. The van der Waals surface area contributed by atoms with Crippen molar-refractivity contribution in [3.05, 3.63) is 71.3 Å². The standard InChI is InChI=1S/C17H12Cl3NOS/c18-17(19,20)15(22)10-16-21(11-12-6-2-1-3-7-12)13-8-4-5-9-14(13)23-16/h1-10H,11H2/b16-10+. The summed E-state index contributed by atoms with van der Waals surface area (Å²) >= 11 is 18.6. The fourth-order valence-electron chi connectivity index (χ4n) is 2.28. The molecule has 0 amide bonds. The summed E-state index contributed by atoms with van der Waals surface area (Å²) in [7, 11) is 0. The van der Waals surface area contributed by atoms with Gasteiger partial charge < -0.3 is 4.90 Å². The Morgan fingerprint density at radius 2 is 1.70 bits per heavy atom. The number of benzene rings is 2. The number of halogens is 3. The van der Waals surface area contributed by atoms with Gasteiger partial charge in [-0.1, -0.05) is 89.0 Å². The van der Waals surface area contributed by atoms with E-state index in [0.29, 0.717) is 6.54 Å². The van der Waals surface area contributed by atoms with E-state index in [-0.39, 0.29) is 0 Å². The second-order valence-corrected chi connectivity index (χ2v) is 8.33. The zero-order chi connectivity index (χ0) is 16.4. The monoisotopic (exact) mass is 383 g/mol. The Bertz CT molecular complexity index is 756. The molecule has 1 aliphatic rings. The van der Waals surface area contributed by atoms with Crippen LogP contribution in [0, 0.1) is 0 Å². The lowest BCUT2D eigenvalue weighted by molar-refractivity contribution is -0.113. The maximum absolute atomic E-state index is 12.1. The molecule has 0 N–H and O–H groups in total. The zero-order valence-corrected chi connectivity index (χ0v) is 15.0. The molecule has 2 aromatic carbocycles. The van der Waals surface area contributed by atoms with Crippen LogP contribution >= 0.6 is 46.6 Å². The molecule has 0 saturated carbocycles. The third-order valence-corrected chi connectivity index (χ3v) is 5.03. The number of alkyl halides is 3. The molecule has 2 nitrogen and oxygen atoms in total. The molecule has 0 unspecified atom stereocenters. The van der Waals surface area contributed by atoms with Crippen molar-refractivity contribution < 1.29 is 4.79 Å². The van der Waals surface area contributed by atoms with E-state index in [4.69, 9.17) is 34.8 Å². The van der Waals surface area contributed by atoms with Crippen LogP contribution in [0.3, 0.4) is 0 Å². The first-order valence-electron chi connectivity index (χ1n) is 6.86. The van der Waals surface area contributed by atoms with Crippen LogP contribution in [0.15, 0.2) is 70.6 Å². The number of para-hydroxylation sites is 1. The van der Waals surface area contributed by atoms with Crippen LogP contribution in [0.1, 0.15) is 5.56 Å². The number of ketones is 1. The number of carbonyl (C=O) groups is 1. The van der Waals surface area contributed by atoms with Gasteiger partial charge in [-0.15, -0.1) is 0 Å². The van der Waals surface area contributed by atoms with E-state index in [0.717, 1.165) is 21.2 Å². The van der Waals surface area contributed by atoms with Crippen LogP contribution in [-0.4, -0.2) is 9.58 Å². The van der Waals surface area contributed by atoms with Gasteiger partial charge in [0.25, 0.3) is 3.79 Å². The van der Waals surface area contributed by atoms with Crippen LogP contribution in [0.4, 0.5) is 5.69 Å². The molecule has 0 aliphatic carbocycles. The van der Waals surface area contributed by atoms with Crippen LogP contribution < -0.4 is 4.90 Å². The largest absolute Gasteiger partial charge is 0.330 e. The van der Waals surface area contributed by atoms with E-state index >= 15 is 0 Å². The number of thioether (sulfide) groups is 1. The highest BCUT2D eigenvalue weighted by Gasteiger charge is 2.32. The summed E-state index contributed by atoms with van der Waals surface area (Å²) in [6.07, 6.45) is 1.40. The van der Waals surface area contributed by atoms with Crippen molar-refractivity contribution in [2.75, 3.05) is 4.90 Å². The molecule has 1 aliphatic heterocycles. The van der Waals surface area contributed by atoms with E-state index in [1.807, 2.05) is 54.6 Å². The molecular formula is C17H12Cl3NOS. The number of allylic oxidation sites excluding steroid dienone is 1. The quantitative estimate of drug-likeness (QED) is 0.509. The summed E-state index contributed by atoms with van der Waals surface area (Å²) in [5.41, 5.74) is 2.18. The Kier molecular flexibility index (Phi) is 4.93. The minimum atomic E-state index is -1.94. The van der Waals surface area contributed by atoms with Crippen molar-refractivity contribution in [1.82, 2.24) is 0 Å². The van der Waals surface area contributed by atoms with Gasteiger partial charge in [0.05, 0.1) is 10.7 Å². The second kappa shape index (κ2) is 6.78. The van der Waals surface area contributed by atoms with E-state index in [1.54, 1.807) is 0 Å². The molecular weight excluding hydrogens is 373 g/mol. The first kappa shape index (κ1) is 16.7. The molecule has 2 aromatic rings. The smallest absolute Gasteiger partial charge is 0.252 e. The minimum absolute atomic E-state index is 0.545. The fourth-order valence-corrected chi connectivity index (χ4v) is 3.54. The lowest BCUT2D eigenvalue weighted by Gasteiger charge is -2.21. The summed E-state index contributed by atoms with van der Waals surface area (Å²) in [6, 6.07) is 18.0. The van der Waals surface area contributed by atoms with Gasteiger partial charge in [-0.05, 0) is 17.7 Å². The average Bonchev–Trinajstić information content (AvgIpc) is 2.85. The molecule has 0 fully saturated rings. The predicted molar refractivity (Wildman–Crippen MR) is 98.3 cm³/mol. The molecule has 3 rings (SSSR count). The van der Waals surface area contributed by atoms with E-state index in [2.05, 4.69) is 4.90 Å². The number of carbonyl (C=O) groups excluding carboxylic acids is 1. The van der Waals surface area contributed by atoms with Crippen LogP contribution in [0.25, 0.3) is 0 Å². The number of nitrogens with zero attached hydrogens (tertiary/aromatic N) is 1. The molecule has 1 heterocycles. The Morgan fingerprint density at radius 1 is 1.04 bits per heavy atom. The van der Waals surface area contributed by atoms with Crippen LogP contribution in [0.5, 0.6) is 0 Å². The number of rotatable bonds is 3. The average molecular weight is 385 g/mol. The Morgan fingerprint density at radius 3 is 2.39 bits per heavy atom. The molecule has 0 bridgehead atoms. The molecule has 0 aromatic heterocycles. The molecule has 0 atom stereocenters. The lowest BCUT2D eigenvalue weighted by atomic mass is 10.2. The molecule has 0 radical (unpaired) electrons. The first-order valence-corrected chi connectivity index (χ1v) is 8.81. The third kappa shape index (κ3) is 3.86. The Hall–Kier alpha value is -1.13. The SMILES string of the molecule is O=C(/C=C1/Sc2ccccc2N1Cc1ccccc1)C(Cl)(Cl)Cl. The predicted octanol–water partition coefficient (Wildman–Crippen LogP) is 5.58. The summed E-state index contributed by atoms with van der Waals surface area (Å²) in [6.45, 7) is 0.643. The van der Waals surface area contributed by atoms with Gasteiger partial charge in [-0.25, -0.2) is 0 Å². The number of hydrogen-bond donors (Lipinski definition) is 0. The van der Waals surface area contributed by atoms with E-state index < -0.39 is 9.58 Å². The normalized spacial score (nSPS) is 15.8. The molecule has 118 valence electrons. The highest BCUT2D eigenvalue weighted by molar-refractivity contribution is 8.03. The van der Waals surface area contributed by atoms with Gasteiger partial charge in [0.1, 0.15) is 0 Å². The minimum Gasteiger partial charge on any atom is -0.330 e. The Balaban J connectivity index is 1.96. The van der Waals surface area contributed by atoms with Crippen molar-refractivity contribution in [3.8, 4) is 0 Å². The maximum Gasteiger partial charge on any atom is 0.252 e. The van der Waals surface area contributed by atoms with Crippen molar-refractivity contribution in [3.63, 3.8) is 0 Å². The first-order chi connectivity index (χ1) is 10.9. The van der Waals surface area contributed by atoms with Gasteiger partial charge in [0.15, 0.2) is 0 Å². The lowest BCUT2D eigenvalue weighted by Crippen LogP contribution is -2.21. The van der Waals surface area contributed by atoms with Gasteiger partial charge in [0, 0.05) is 17.5 Å². The van der Waals surface area contributed by atoms with Crippen LogP contribution in [-0.2, 0) is 11.3 Å². The van der Waals surface area contributed by atoms with Gasteiger partial charge in [-0.3, -0.25) is 4.79 Å². The van der Waals surface area contributed by atoms with Crippen LogP contribution in [0.2, 0.25) is 0 Å². The summed E-state index contributed by atoms with van der Waals surface area (Å²) in [5, 5.41) is 0.756. The molecule has 6 heteroatoms. The summed E-state index contributed by atoms with van der Waals surface area (Å²) in [5.74, 6) is -0.545. The van der Waals surface area contributed by atoms with Gasteiger partial charge >= 0.3 is 0 Å². The fraction of sp³-hybridized carbons (Fsp3) is 0.118. The van der Waals surface area contributed by atoms with E-state index in [1.165, 1.54) is 17.8 Å². The number of anilines is 1. The number of hydrogen-bond acceptors (Lipinski definition) is 3. The molecule has 23 heavy (non-hydrogen) atoms. The van der Waals surface area contributed by atoms with Crippen molar-refractivity contribution in [2.45, 2.75) is 15.2 Å². The number of fused-ring (bicyclic) bond motifs is 1. The summed E-state index contributed by atoms with van der Waals surface area (Å²) < 4.78 is -1.94. The highest BCUT2D eigenvalue weighted by atomic mass is 35.6. The zero-order valence-electron chi connectivity index (χ0n) is 11.9. The van der Waals surface area contributed by atoms with Crippen molar-refractivity contribution in [1.29, 1.82) is 0 Å². The maximum atomic E-state index is 12.1. The summed E-state index contributed by atoms with van der Waals surface area (Å²) in [4.78, 5) is 15.2. The van der Waals surface area contributed by atoms with Gasteiger partial charge in [0.2, 0.25) is 5.78 Å². The van der Waals surface area contributed by atoms with Crippen molar-refractivity contribution >= 4 is 58.0 Å². The van der Waals surface area contributed by atoms with Crippen molar-refractivity contribution in [2.24, 2.45) is 0 Å². The second-order valence-electron chi connectivity index (χ2n) is 4.99. The molecule has 0 saturated heterocycles. The van der Waals surface area contributed by atoms with E-state index in [9.17, 15) is 4.79 Å². The topological polar surface area (TPSA) is 20.3 Å². The Labute approximate surface area is 154 Å². The highest BCUT2D eigenvalue weighted by Crippen LogP contribution is 2.47.